The molecule has 0 N–H and O–H groups in total. The van der Waals surface area contributed by atoms with Gasteiger partial charge < -0.3 is 4.90 Å². The molecule has 2 fully saturated rings. The third kappa shape index (κ3) is 2.92. The van der Waals surface area contributed by atoms with Gasteiger partial charge in [-0.05, 0) is 68.7 Å². The van der Waals surface area contributed by atoms with Crippen molar-refractivity contribution >= 4 is 11.5 Å². The van der Waals surface area contributed by atoms with E-state index in [0.717, 1.165) is 17.4 Å². The molecule has 2 saturated carbocycles. The van der Waals surface area contributed by atoms with Gasteiger partial charge in [-0.25, -0.2) is 0 Å². The maximum Gasteiger partial charge on any atom is 0.159 e. The lowest BCUT2D eigenvalue weighted by Crippen LogP contribution is -2.28. The van der Waals surface area contributed by atoms with Crippen molar-refractivity contribution in [2.45, 2.75) is 32.6 Å². The molecule has 2 aliphatic carbocycles. The second-order valence-electron chi connectivity index (χ2n) is 5.89. The first-order valence-electron chi connectivity index (χ1n) is 7.08. The van der Waals surface area contributed by atoms with Crippen LogP contribution in [-0.2, 0) is 0 Å². The fraction of sp³-hybridized carbons (Fsp3) is 0.562. The van der Waals surface area contributed by atoms with Crippen LogP contribution in [0.2, 0.25) is 0 Å². The zero-order chi connectivity index (χ0) is 12.5. The van der Waals surface area contributed by atoms with E-state index in [2.05, 4.69) is 17.0 Å². The molecule has 0 saturated heterocycles. The Morgan fingerprint density at radius 2 is 1.56 bits per heavy atom. The number of carbonyl (C=O) groups excluding carboxylic acids is 1. The summed E-state index contributed by atoms with van der Waals surface area (Å²) in [5, 5.41) is 0. The SMILES string of the molecule is CC(=O)c1ccc(N(CC2CC2)CC2CC2)cc1. The smallest absolute Gasteiger partial charge is 0.159 e. The summed E-state index contributed by atoms with van der Waals surface area (Å²) in [5.74, 6) is 1.98. The van der Waals surface area contributed by atoms with Gasteiger partial charge >= 0.3 is 0 Å². The standard InChI is InChI=1S/C16H21NO/c1-12(18)15-6-8-16(9-7-15)17(10-13-2-3-13)11-14-4-5-14/h6-9,13-14H,2-5,10-11H2,1H3. The summed E-state index contributed by atoms with van der Waals surface area (Å²) in [5.41, 5.74) is 2.11. The number of rotatable bonds is 6. The van der Waals surface area contributed by atoms with E-state index < -0.39 is 0 Å². The van der Waals surface area contributed by atoms with Crippen LogP contribution in [-0.4, -0.2) is 18.9 Å². The van der Waals surface area contributed by atoms with Crippen LogP contribution in [0.4, 0.5) is 5.69 Å². The van der Waals surface area contributed by atoms with E-state index in [4.69, 9.17) is 0 Å². The number of anilines is 1. The molecule has 18 heavy (non-hydrogen) atoms. The van der Waals surface area contributed by atoms with Gasteiger partial charge in [0.15, 0.2) is 5.78 Å². The van der Waals surface area contributed by atoms with Crippen LogP contribution in [0.15, 0.2) is 24.3 Å². The second-order valence-corrected chi connectivity index (χ2v) is 5.89. The number of hydrogen-bond acceptors (Lipinski definition) is 2. The Hall–Kier alpha value is -1.31. The number of Topliss-reactive ketones (excluding diaryl/α,β-unsaturated/α-hetero) is 1. The Labute approximate surface area is 109 Å². The molecule has 2 nitrogen and oxygen atoms in total. The molecule has 3 rings (SSSR count). The molecule has 2 aliphatic rings. The van der Waals surface area contributed by atoms with Crippen LogP contribution in [0.5, 0.6) is 0 Å². The summed E-state index contributed by atoms with van der Waals surface area (Å²) in [4.78, 5) is 13.8. The Kier molecular flexibility index (Phi) is 3.11. The van der Waals surface area contributed by atoms with Crippen molar-refractivity contribution in [2.24, 2.45) is 11.8 Å². The quantitative estimate of drug-likeness (QED) is 0.713. The minimum absolute atomic E-state index is 0.150. The highest BCUT2D eigenvalue weighted by molar-refractivity contribution is 5.94. The first-order chi connectivity index (χ1) is 8.72. The van der Waals surface area contributed by atoms with Crippen LogP contribution in [0, 0.1) is 11.8 Å². The zero-order valence-electron chi connectivity index (χ0n) is 11.1. The summed E-state index contributed by atoms with van der Waals surface area (Å²) in [6.07, 6.45) is 5.58. The monoisotopic (exact) mass is 243 g/mol. The highest BCUT2D eigenvalue weighted by atomic mass is 16.1. The van der Waals surface area contributed by atoms with Gasteiger partial charge in [0.05, 0.1) is 0 Å². The van der Waals surface area contributed by atoms with Crippen LogP contribution >= 0.6 is 0 Å². The normalized spacial score (nSPS) is 18.7. The molecule has 96 valence electrons. The Morgan fingerprint density at radius 3 is 1.94 bits per heavy atom. The summed E-state index contributed by atoms with van der Waals surface area (Å²) in [7, 11) is 0. The molecule has 0 unspecified atom stereocenters. The molecule has 0 amide bonds. The molecule has 0 radical (unpaired) electrons. The van der Waals surface area contributed by atoms with E-state index in [1.165, 1.54) is 44.5 Å². The summed E-state index contributed by atoms with van der Waals surface area (Å²) in [6.45, 7) is 4.03. The Bertz CT molecular complexity index is 415. The van der Waals surface area contributed by atoms with Gasteiger partial charge in [-0.2, -0.15) is 0 Å². The largest absolute Gasteiger partial charge is 0.371 e. The fourth-order valence-electron chi connectivity index (χ4n) is 2.42. The topological polar surface area (TPSA) is 20.3 Å². The maximum atomic E-state index is 11.3. The van der Waals surface area contributed by atoms with Gasteiger partial charge in [0.25, 0.3) is 0 Å². The number of hydrogen-bond donors (Lipinski definition) is 0. The van der Waals surface area contributed by atoms with Gasteiger partial charge in [-0.3, -0.25) is 4.79 Å². The average molecular weight is 243 g/mol. The van der Waals surface area contributed by atoms with E-state index in [-0.39, 0.29) is 5.78 Å². The van der Waals surface area contributed by atoms with E-state index in [1.807, 2.05) is 12.1 Å². The van der Waals surface area contributed by atoms with Gasteiger partial charge in [0.2, 0.25) is 0 Å². The molecule has 2 heteroatoms. The second kappa shape index (κ2) is 4.75. The molecule has 0 heterocycles. The van der Waals surface area contributed by atoms with Gasteiger partial charge in [-0.15, -0.1) is 0 Å². The molecular weight excluding hydrogens is 222 g/mol. The molecule has 1 aromatic rings. The van der Waals surface area contributed by atoms with Crippen molar-refractivity contribution in [3.63, 3.8) is 0 Å². The number of benzene rings is 1. The molecular formula is C16H21NO. The first-order valence-corrected chi connectivity index (χ1v) is 7.08. The lowest BCUT2D eigenvalue weighted by molar-refractivity contribution is 0.101. The Balaban J connectivity index is 1.72. The van der Waals surface area contributed by atoms with E-state index in [1.54, 1.807) is 6.92 Å². The highest BCUT2D eigenvalue weighted by Crippen LogP contribution is 2.35. The summed E-state index contributed by atoms with van der Waals surface area (Å²) < 4.78 is 0. The van der Waals surface area contributed by atoms with Crippen molar-refractivity contribution in [1.29, 1.82) is 0 Å². The third-order valence-electron chi connectivity index (χ3n) is 3.99. The first kappa shape index (κ1) is 11.8. The zero-order valence-corrected chi connectivity index (χ0v) is 11.1. The number of ketones is 1. The fourth-order valence-corrected chi connectivity index (χ4v) is 2.42. The van der Waals surface area contributed by atoms with Crippen LogP contribution in [0.1, 0.15) is 43.0 Å². The predicted octanol–water partition coefficient (Wildman–Crippen LogP) is 3.52. The highest BCUT2D eigenvalue weighted by Gasteiger charge is 2.29. The molecule has 0 atom stereocenters. The van der Waals surface area contributed by atoms with Crippen LogP contribution in [0.25, 0.3) is 0 Å². The van der Waals surface area contributed by atoms with Crippen molar-refractivity contribution in [2.75, 3.05) is 18.0 Å². The van der Waals surface area contributed by atoms with E-state index in [0.29, 0.717) is 0 Å². The molecule has 1 aromatic carbocycles. The van der Waals surface area contributed by atoms with E-state index >= 15 is 0 Å². The lowest BCUT2D eigenvalue weighted by Gasteiger charge is -2.25. The minimum Gasteiger partial charge on any atom is -0.371 e. The van der Waals surface area contributed by atoms with E-state index in [9.17, 15) is 4.79 Å². The minimum atomic E-state index is 0.150. The van der Waals surface area contributed by atoms with Crippen molar-refractivity contribution < 1.29 is 4.79 Å². The van der Waals surface area contributed by atoms with Gasteiger partial charge in [-0.1, -0.05) is 0 Å². The third-order valence-corrected chi connectivity index (χ3v) is 3.99. The predicted molar refractivity (Wildman–Crippen MR) is 74.1 cm³/mol. The summed E-state index contributed by atoms with van der Waals surface area (Å²) in [6, 6.07) is 8.15. The lowest BCUT2D eigenvalue weighted by atomic mass is 10.1. The van der Waals surface area contributed by atoms with Crippen molar-refractivity contribution in [3.8, 4) is 0 Å². The summed E-state index contributed by atoms with van der Waals surface area (Å²) >= 11 is 0. The molecule has 0 aliphatic heterocycles. The Morgan fingerprint density at radius 1 is 1.06 bits per heavy atom. The number of nitrogens with zero attached hydrogens (tertiary/aromatic N) is 1. The molecule has 0 spiro atoms. The molecule has 0 aromatic heterocycles. The van der Waals surface area contributed by atoms with Crippen LogP contribution in [0.3, 0.4) is 0 Å². The van der Waals surface area contributed by atoms with Crippen molar-refractivity contribution in [3.05, 3.63) is 29.8 Å². The number of carbonyl (C=O) groups is 1. The van der Waals surface area contributed by atoms with Crippen LogP contribution < -0.4 is 4.90 Å². The maximum absolute atomic E-state index is 11.3. The average Bonchev–Trinajstić information content (AvgIpc) is 3.23. The van der Waals surface area contributed by atoms with Crippen molar-refractivity contribution in [1.82, 2.24) is 0 Å². The van der Waals surface area contributed by atoms with Gasteiger partial charge in [0, 0.05) is 24.3 Å². The van der Waals surface area contributed by atoms with Gasteiger partial charge in [0.1, 0.15) is 0 Å². The molecule has 0 bridgehead atoms.